The lowest BCUT2D eigenvalue weighted by Crippen LogP contribution is -2.35. The van der Waals surface area contributed by atoms with Gasteiger partial charge in [0.2, 0.25) is 0 Å². The highest BCUT2D eigenvalue weighted by molar-refractivity contribution is 5.69. The molecule has 0 aromatic rings. The minimum Gasteiger partial charge on any atom is -0.466 e. The van der Waals surface area contributed by atoms with E-state index in [4.69, 9.17) is 9.47 Å². The summed E-state index contributed by atoms with van der Waals surface area (Å²) in [5.74, 6) is -0.119. The molecule has 0 aromatic carbocycles. The predicted molar refractivity (Wildman–Crippen MR) is 139 cm³/mol. The fraction of sp³-hybridized carbons (Fsp3) is 0.926. The number of nitrogens with zero attached hydrogens (tertiary/aromatic N) is 1. The molecule has 0 aliphatic carbocycles. The quantitative estimate of drug-likeness (QED) is 0.157. The Hall–Kier alpha value is -1.34. The van der Waals surface area contributed by atoms with Gasteiger partial charge in [0.05, 0.1) is 12.7 Å². The van der Waals surface area contributed by atoms with Crippen LogP contribution in [-0.2, 0) is 14.3 Å². The summed E-state index contributed by atoms with van der Waals surface area (Å²) in [5, 5.41) is 13.3. The van der Waals surface area contributed by atoms with Crippen molar-refractivity contribution in [3.05, 3.63) is 0 Å². The molecule has 0 rings (SSSR count). The second kappa shape index (κ2) is 21.0. The average molecular weight is 487 g/mol. The van der Waals surface area contributed by atoms with E-state index in [0.717, 1.165) is 32.2 Å². The van der Waals surface area contributed by atoms with Gasteiger partial charge >= 0.3 is 12.1 Å². The lowest BCUT2D eigenvalue weighted by Gasteiger charge is -2.24. The number of carbonyl (C=O) groups excluding carboxylic acids is 2. The van der Waals surface area contributed by atoms with E-state index in [9.17, 15) is 14.7 Å². The van der Waals surface area contributed by atoms with Crippen LogP contribution in [0.3, 0.4) is 0 Å². The van der Waals surface area contributed by atoms with Crippen molar-refractivity contribution in [2.45, 2.75) is 129 Å². The van der Waals surface area contributed by atoms with Gasteiger partial charge in [-0.05, 0) is 59.4 Å². The van der Waals surface area contributed by atoms with Gasteiger partial charge in [-0.2, -0.15) is 0 Å². The number of esters is 1. The van der Waals surface area contributed by atoms with Crippen molar-refractivity contribution in [3.63, 3.8) is 0 Å². The topological polar surface area (TPSA) is 88.1 Å². The monoisotopic (exact) mass is 486 g/mol. The summed E-state index contributed by atoms with van der Waals surface area (Å²) >= 11 is 0. The van der Waals surface area contributed by atoms with E-state index < -0.39 is 11.7 Å². The number of hydrogen-bond acceptors (Lipinski definition) is 6. The van der Waals surface area contributed by atoms with Crippen LogP contribution in [0.5, 0.6) is 0 Å². The van der Waals surface area contributed by atoms with Crippen LogP contribution in [0.1, 0.15) is 118 Å². The van der Waals surface area contributed by atoms with E-state index in [1.165, 1.54) is 44.9 Å². The third-order valence-corrected chi connectivity index (χ3v) is 5.61. The second-order valence-corrected chi connectivity index (χ2v) is 10.4. The molecule has 202 valence electrons. The Balaban J connectivity index is 3.49. The molecule has 1 atom stereocenters. The predicted octanol–water partition coefficient (Wildman–Crippen LogP) is 5.83. The first-order chi connectivity index (χ1) is 16.2. The maximum absolute atomic E-state index is 11.9. The van der Waals surface area contributed by atoms with E-state index in [1.807, 2.05) is 20.8 Å². The summed E-state index contributed by atoms with van der Waals surface area (Å²) in [6.45, 7) is 10.1. The largest absolute Gasteiger partial charge is 0.466 e. The first kappa shape index (κ1) is 32.7. The van der Waals surface area contributed by atoms with Crippen LogP contribution in [0.4, 0.5) is 4.79 Å². The SMILES string of the molecule is CCCCCCCCCCCC(=O)OCCCC(O)CNCCCCN(C)C(=O)OC(C)(C)C. The minimum atomic E-state index is -0.478. The van der Waals surface area contributed by atoms with Gasteiger partial charge in [-0.1, -0.05) is 58.3 Å². The highest BCUT2D eigenvalue weighted by Crippen LogP contribution is 2.11. The number of amides is 1. The first-order valence-electron chi connectivity index (χ1n) is 13.6. The normalized spacial score (nSPS) is 12.4. The second-order valence-electron chi connectivity index (χ2n) is 10.4. The van der Waals surface area contributed by atoms with Gasteiger partial charge in [0, 0.05) is 26.6 Å². The summed E-state index contributed by atoms with van der Waals surface area (Å²) in [7, 11) is 1.74. The Kier molecular flexibility index (Phi) is 20.2. The lowest BCUT2D eigenvalue weighted by molar-refractivity contribution is -0.144. The Bertz CT molecular complexity index is 508. The Morgan fingerprint density at radius 2 is 1.53 bits per heavy atom. The van der Waals surface area contributed by atoms with Gasteiger partial charge in [0.1, 0.15) is 5.60 Å². The number of hydrogen-bond donors (Lipinski definition) is 2. The number of unbranched alkanes of at least 4 members (excludes halogenated alkanes) is 9. The molecule has 0 fully saturated rings. The zero-order chi connectivity index (χ0) is 25.7. The Morgan fingerprint density at radius 1 is 0.912 bits per heavy atom. The molecule has 0 heterocycles. The molecule has 0 spiro atoms. The maximum atomic E-state index is 11.9. The molecule has 0 aliphatic rings. The van der Waals surface area contributed by atoms with E-state index in [2.05, 4.69) is 12.2 Å². The van der Waals surface area contributed by atoms with E-state index in [1.54, 1.807) is 11.9 Å². The van der Waals surface area contributed by atoms with Gasteiger partial charge in [-0.25, -0.2) is 4.79 Å². The summed E-state index contributed by atoms with van der Waals surface area (Å²) in [6, 6.07) is 0. The molecule has 7 nitrogen and oxygen atoms in total. The number of carbonyl (C=O) groups is 2. The lowest BCUT2D eigenvalue weighted by atomic mass is 10.1. The highest BCUT2D eigenvalue weighted by Gasteiger charge is 2.19. The molecule has 0 aliphatic heterocycles. The third kappa shape index (κ3) is 22.5. The van der Waals surface area contributed by atoms with Crippen molar-refractivity contribution in [2.75, 3.05) is 33.3 Å². The number of aliphatic hydroxyl groups excluding tert-OH is 1. The number of aliphatic hydroxyl groups is 1. The highest BCUT2D eigenvalue weighted by atomic mass is 16.6. The van der Waals surface area contributed by atoms with Crippen LogP contribution in [0.25, 0.3) is 0 Å². The van der Waals surface area contributed by atoms with Crippen LogP contribution in [0.15, 0.2) is 0 Å². The van der Waals surface area contributed by atoms with Crippen LogP contribution in [-0.4, -0.2) is 67.1 Å². The van der Waals surface area contributed by atoms with Gasteiger partial charge < -0.3 is 24.8 Å². The molecule has 34 heavy (non-hydrogen) atoms. The minimum absolute atomic E-state index is 0.119. The van der Waals surface area contributed by atoms with Crippen LogP contribution in [0.2, 0.25) is 0 Å². The summed E-state index contributed by atoms with van der Waals surface area (Å²) < 4.78 is 10.6. The van der Waals surface area contributed by atoms with Crippen LogP contribution >= 0.6 is 0 Å². The van der Waals surface area contributed by atoms with Crippen molar-refractivity contribution in [1.29, 1.82) is 0 Å². The maximum Gasteiger partial charge on any atom is 0.410 e. The zero-order valence-corrected chi connectivity index (χ0v) is 22.8. The molecule has 0 bridgehead atoms. The summed E-state index contributed by atoms with van der Waals surface area (Å²) in [4.78, 5) is 25.3. The number of ether oxygens (including phenoxy) is 2. The molecule has 1 unspecified atom stereocenters. The smallest absolute Gasteiger partial charge is 0.410 e. The number of nitrogens with one attached hydrogen (secondary N) is 1. The van der Waals surface area contributed by atoms with Crippen molar-refractivity contribution in [3.8, 4) is 0 Å². The van der Waals surface area contributed by atoms with Gasteiger partial charge in [-0.3, -0.25) is 4.79 Å². The zero-order valence-electron chi connectivity index (χ0n) is 22.8. The van der Waals surface area contributed by atoms with E-state index in [-0.39, 0.29) is 12.1 Å². The molecular weight excluding hydrogens is 432 g/mol. The van der Waals surface area contributed by atoms with Crippen molar-refractivity contribution >= 4 is 12.1 Å². The Morgan fingerprint density at radius 3 is 2.15 bits per heavy atom. The van der Waals surface area contributed by atoms with Gasteiger partial charge in [0.15, 0.2) is 0 Å². The Labute approximate surface area is 209 Å². The molecule has 0 saturated heterocycles. The average Bonchev–Trinajstić information content (AvgIpc) is 2.76. The molecular formula is C27H54N2O5. The molecule has 2 N–H and O–H groups in total. The van der Waals surface area contributed by atoms with Crippen molar-refractivity contribution in [2.24, 2.45) is 0 Å². The molecule has 1 amide bonds. The molecule has 0 aromatic heterocycles. The van der Waals surface area contributed by atoms with Crippen molar-refractivity contribution < 1.29 is 24.2 Å². The van der Waals surface area contributed by atoms with Crippen molar-refractivity contribution in [1.82, 2.24) is 10.2 Å². The fourth-order valence-corrected chi connectivity index (χ4v) is 3.56. The standard InChI is InChI=1S/C27H54N2O5/c1-6-7-8-9-10-11-12-13-14-19-25(31)33-22-17-18-24(30)23-28-20-15-16-21-29(5)26(32)34-27(2,3)4/h24,28,30H,6-23H2,1-5H3. The van der Waals surface area contributed by atoms with E-state index in [0.29, 0.717) is 39.0 Å². The molecule has 0 radical (unpaired) electrons. The number of rotatable bonds is 21. The fourth-order valence-electron chi connectivity index (χ4n) is 3.56. The first-order valence-corrected chi connectivity index (χ1v) is 13.6. The molecule has 7 heteroatoms. The van der Waals surface area contributed by atoms with Gasteiger partial charge in [0.25, 0.3) is 0 Å². The summed E-state index contributed by atoms with van der Waals surface area (Å²) in [5.41, 5.74) is -0.478. The van der Waals surface area contributed by atoms with E-state index >= 15 is 0 Å². The van der Waals surface area contributed by atoms with Gasteiger partial charge in [-0.15, -0.1) is 0 Å². The summed E-state index contributed by atoms with van der Waals surface area (Å²) in [6.07, 6.45) is 13.9. The van der Waals surface area contributed by atoms with Crippen LogP contribution < -0.4 is 5.32 Å². The molecule has 0 saturated carbocycles. The van der Waals surface area contributed by atoms with Crippen LogP contribution in [0, 0.1) is 0 Å². The third-order valence-electron chi connectivity index (χ3n) is 5.61.